The molecule has 1 aliphatic heterocycles. The predicted molar refractivity (Wildman–Crippen MR) is 116 cm³/mol. The third-order valence-electron chi connectivity index (χ3n) is 7.23. The Morgan fingerprint density at radius 2 is 1.94 bits per heavy atom. The Morgan fingerprint density at radius 1 is 1.16 bits per heavy atom. The van der Waals surface area contributed by atoms with Crippen molar-refractivity contribution in [2.24, 2.45) is 17.8 Å². The molecular weight excluding hydrogens is 406 g/mol. The van der Waals surface area contributed by atoms with Gasteiger partial charge in [0.05, 0.1) is 11.8 Å². The van der Waals surface area contributed by atoms with E-state index in [9.17, 15) is 24.3 Å². The molecule has 0 bridgehead atoms. The first-order valence-corrected chi connectivity index (χ1v) is 10.8. The van der Waals surface area contributed by atoms with Crippen molar-refractivity contribution < 1.29 is 24.3 Å². The molecule has 1 saturated heterocycles. The van der Waals surface area contributed by atoms with Gasteiger partial charge in [-0.1, -0.05) is 35.9 Å². The molecule has 6 heteroatoms. The van der Waals surface area contributed by atoms with Gasteiger partial charge < -0.3 is 5.11 Å². The molecule has 1 aromatic rings. The second-order valence-corrected chi connectivity index (χ2v) is 8.93. The minimum Gasteiger partial charge on any atom is -0.507 e. The summed E-state index contributed by atoms with van der Waals surface area (Å²) in [6, 6.07) is 5.37. The van der Waals surface area contributed by atoms with Crippen LogP contribution in [0.1, 0.15) is 36.8 Å². The first-order chi connectivity index (χ1) is 15.3. The lowest BCUT2D eigenvalue weighted by Crippen LogP contribution is -2.39. The number of phenols is 1. The number of allylic oxidation sites excluding steroid dienone is 7. The number of nitrogens with one attached hydrogen (secondary N) is 1. The molecule has 4 unspecified atom stereocenters. The summed E-state index contributed by atoms with van der Waals surface area (Å²) in [5.41, 5.74) is 3.16. The molecule has 2 amide bonds. The molecule has 3 aliphatic carbocycles. The Balaban J connectivity index is 1.74. The van der Waals surface area contributed by atoms with Crippen LogP contribution < -0.4 is 5.32 Å². The molecule has 32 heavy (non-hydrogen) atoms. The number of Topliss-reactive ketones (excluding diaryl/α,β-unsaturated/α-hetero) is 1. The zero-order valence-corrected chi connectivity index (χ0v) is 17.7. The molecule has 162 valence electrons. The van der Waals surface area contributed by atoms with Crippen molar-refractivity contribution in [3.63, 3.8) is 0 Å². The highest BCUT2D eigenvalue weighted by atomic mass is 16.3. The number of ketones is 2. The number of carbonyl (C=O) groups excluding carboxylic acids is 4. The molecule has 0 aromatic heterocycles. The van der Waals surface area contributed by atoms with Crippen LogP contribution >= 0.6 is 0 Å². The van der Waals surface area contributed by atoms with Gasteiger partial charge in [-0.3, -0.25) is 24.5 Å². The van der Waals surface area contributed by atoms with Crippen LogP contribution in [0.5, 0.6) is 5.75 Å². The Kier molecular flexibility index (Phi) is 4.62. The number of fused-ring (bicyclic) bond motifs is 3. The molecule has 4 atom stereocenters. The van der Waals surface area contributed by atoms with Crippen LogP contribution in [0.2, 0.25) is 0 Å². The van der Waals surface area contributed by atoms with Crippen LogP contribution in [-0.4, -0.2) is 28.5 Å². The fourth-order valence-electron chi connectivity index (χ4n) is 5.79. The van der Waals surface area contributed by atoms with E-state index in [1.54, 1.807) is 25.1 Å². The van der Waals surface area contributed by atoms with Gasteiger partial charge >= 0.3 is 0 Å². The molecule has 6 nitrogen and oxygen atoms in total. The second kappa shape index (κ2) is 7.26. The zero-order chi connectivity index (χ0) is 22.7. The summed E-state index contributed by atoms with van der Waals surface area (Å²) in [5, 5.41) is 13.5. The van der Waals surface area contributed by atoms with Gasteiger partial charge in [-0.15, -0.1) is 6.58 Å². The maximum absolute atomic E-state index is 13.3. The Hall–Kier alpha value is -3.54. The van der Waals surface area contributed by atoms with Crippen LogP contribution in [0.25, 0.3) is 0 Å². The van der Waals surface area contributed by atoms with Gasteiger partial charge in [0.15, 0.2) is 11.6 Å². The van der Waals surface area contributed by atoms with E-state index in [-0.39, 0.29) is 41.5 Å². The third-order valence-corrected chi connectivity index (χ3v) is 7.23. The molecule has 2 N–H and O–H groups in total. The molecule has 0 saturated carbocycles. The van der Waals surface area contributed by atoms with Gasteiger partial charge in [0.2, 0.25) is 11.8 Å². The molecule has 1 fully saturated rings. The number of hydrogen-bond acceptors (Lipinski definition) is 5. The minimum atomic E-state index is -0.641. The maximum Gasteiger partial charge on any atom is 0.231 e. The maximum atomic E-state index is 13.3. The fourth-order valence-corrected chi connectivity index (χ4v) is 5.79. The van der Waals surface area contributed by atoms with E-state index in [1.807, 2.05) is 12.1 Å². The van der Waals surface area contributed by atoms with Crippen molar-refractivity contribution in [3.8, 4) is 5.75 Å². The largest absolute Gasteiger partial charge is 0.507 e. The van der Waals surface area contributed by atoms with Crippen LogP contribution in [0, 0.1) is 17.8 Å². The van der Waals surface area contributed by atoms with Crippen LogP contribution in [-0.2, 0) is 25.6 Å². The number of hydrogen-bond donors (Lipinski definition) is 2. The molecule has 1 heterocycles. The van der Waals surface area contributed by atoms with Gasteiger partial charge in [0, 0.05) is 28.2 Å². The number of amides is 2. The minimum absolute atomic E-state index is 0.0623. The van der Waals surface area contributed by atoms with E-state index in [0.29, 0.717) is 40.7 Å². The first kappa shape index (κ1) is 20.4. The van der Waals surface area contributed by atoms with Crippen LogP contribution in [0.4, 0.5) is 0 Å². The molecule has 5 rings (SSSR count). The Bertz CT molecular complexity index is 1210. The molecule has 1 aromatic carbocycles. The van der Waals surface area contributed by atoms with Gasteiger partial charge in [0.25, 0.3) is 0 Å². The van der Waals surface area contributed by atoms with Crippen molar-refractivity contribution in [2.75, 3.05) is 0 Å². The quantitative estimate of drug-likeness (QED) is 0.437. The summed E-state index contributed by atoms with van der Waals surface area (Å²) < 4.78 is 0. The standard InChI is InChI=1S/C26H23NO5/c1-3-5-13-6-4-7-15(24(13)30)20-14-8-9-16-21(26(32)27-25(16)31)17(14)11-18-19(28)10-12(2)23(29)22(18)20/h3-4,6-8,10,16-17,20-21,30H,1,5,9,11H2,2H3,(H,27,31,32). The lowest BCUT2D eigenvalue weighted by molar-refractivity contribution is -0.126. The monoisotopic (exact) mass is 429 g/mol. The van der Waals surface area contributed by atoms with E-state index < -0.39 is 17.8 Å². The fraction of sp³-hybridized carbons (Fsp3) is 0.308. The number of carbonyl (C=O) groups is 4. The predicted octanol–water partition coefficient (Wildman–Crippen LogP) is 2.84. The van der Waals surface area contributed by atoms with Crippen molar-refractivity contribution in [1.29, 1.82) is 0 Å². The lowest BCUT2D eigenvalue weighted by Gasteiger charge is -2.42. The molecular formula is C26H23NO5. The SMILES string of the molecule is C=CCc1cccc(C2C3=CCC4C(=O)NC(=O)C4C3CC3=C2C(=O)C(C)=CC3=O)c1O. The highest BCUT2D eigenvalue weighted by Crippen LogP contribution is 2.55. The van der Waals surface area contributed by atoms with Gasteiger partial charge in [0.1, 0.15) is 5.75 Å². The topological polar surface area (TPSA) is 101 Å². The highest BCUT2D eigenvalue weighted by molar-refractivity contribution is 6.23. The number of para-hydroxylation sites is 1. The number of aromatic hydroxyl groups is 1. The van der Waals surface area contributed by atoms with E-state index in [2.05, 4.69) is 11.9 Å². The zero-order valence-electron chi connectivity index (χ0n) is 17.7. The smallest absolute Gasteiger partial charge is 0.231 e. The first-order valence-electron chi connectivity index (χ1n) is 10.8. The van der Waals surface area contributed by atoms with Crippen LogP contribution in [0.15, 0.2) is 65.3 Å². The summed E-state index contributed by atoms with van der Waals surface area (Å²) >= 11 is 0. The second-order valence-electron chi connectivity index (χ2n) is 8.93. The highest BCUT2D eigenvalue weighted by Gasteiger charge is 2.53. The average Bonchev–Trinajstić information content (AvgIpc) is 3.06. The lowest BCUT2D eigenvalue weighted by atomic mass is 9.59. The van der Waals surface area contributed by atoms with Crippen molar-refractivity contribution in [3.05, 3.63) is 76.4 Å². The number of benzene rings is 1. The molecule has 0 spiro atoms. The van der Waals surface area contributed by atoms with Gasteiger partial charge in [-0.25, -0.2) is 0 Å². The van der Waals surface area contributed by atoms with E-state index in [0.717, 1.165) is 5.57 Å². The average molecular weight is 429 g/mol. The molecule has 4 aliphatic rings. The van der Waals surface area contributed by atoms with Gasteiger partial charge in [-0.05, 0) is 43.7 Å². The summed E-state index contributed by atoms with van der Waals surface area (Å²) in [7, 11) is 0. The number of imide groups is 1. The van der Waals surface area contributed by atoms with Gasteiger partial charge in [-0.2, -0.15) is 0 Å². The Labute approximate surface area is 185 Å². The number of rotatable bonds is 3. The van der Waals surface area contributed by atoms with E-state index >= 15 is 0 Å². The summed E-state index contributed by atoms with van der Waals surface area (Å²) in [4.78, 5) is 51.3. The van der Waals surface area contributed by atoms with E-state index in [1.165, 1.54) is 6.08 Å². The Morgan fingerprint density at radius 3 is 2.69 bits per heavy atom. The third kappa shape index (κ3) is 2.79. The summed E-state index contributed by atoms with van der Waals surface area (Å²) in [6.45, 7) is 5.36. The van der Waals surface area contributed by atoms with Crippen molar-refractivity contribution >= 4 is 23.4 Å². The van der Waals surface area contributed by atoms with E-state index in [4.69, 9.17) is 0 Å². The van der Waals surface area contributed by atoms with Crippen molar-refractivity contribution in [1.82, 2.24) is 5.32 Å². The summed E-state index contributed by atoms with van der Waals surface area (Å²) in [6.07, 6.45) is 6.05. The van der Waals surface area contributed by atoms with Crippen LogP contribution in [0.3, 0.4) is 0 Å². The molecule has 0 radical (unpaired) electrons. The number of phenolic OH excluding ortho intramolecular Hbond substituents is 1. The van der Waals surface area contributed by atoms with Crippen molar-refractivity contribution in [2.45, 2.75) is 32.1 Å². The normalized spacial score (nSPS) is 29.0. The summed E-state index contributed by atoms with van der Waals surface area (Å²) in [5.74, 6) is -3.07.